The van der Waals surface area contributed by atoms with Crippen LogP contribution in [0.5, 0.6) is 0 Å². The molecule has 34 heavy (non-hydrogen) atoms. The molecule has 0 aromatic carbocycles. The van der Waals surface area contributed by atoms with E-state index in [9.17, 15) is 22.8 Å². The van der Waals surface area contributed by atoms with Gasteiger partial charge in [-0.25, -0.2) is 0 Å². The first-order valence-corrected chi connectivity index (χ1v) is 14.1. The lowest BCUT2D eigenvalue weighted by Crippen LogP contribution is -2.63. The van der Waals surface area contributed by atoms with Crippen molar-refractivity contribution < 1.29 is 36.5 Å². The van der Waals surface area contributed by atoms with Crippen LogP contribution in [0, 0.1) is 34.5 Å². The maximum Gasteiger partial charge on any atom is 0.309 e. The molecule has 1 spiro atoms. The molecular formula is C25H34O8S. The van der Waals surface area contributed by atoms with Crippen LogP contribution in [0.2, 0.25) is 0 Å². The largest absolute Gasteiger partial charge is 0.469 e. The van der Waals surface area contributed by atoms with Gasteiger partial charge in [0, 0.05) is 18.3 Å². The fourth-order valence-electron chi connectivity index (χ4n) is 8.63. The van der Waals surface area contributed by atoms with E-state index in [4.69, 9.17) is 13.7 Å². The number of allylic oxidation sites excluding steroid dienone is 1. The maximum absolute atomic E-state index is 13.2. The first-order valence-electron chi connectivity index (χ1n) is 12.3. The van der Waals surface area contributed by atoms with E-state index >= 15 is 0 Å². The fraction of sp³-hybridized carbons (Fsp3) is 0.800. The number of esters is 2. The summed E-state index contributed by atoms with van der Waals surface area (Å²) >= 11 is 0. The average Bonchev–Trinajstić information content (AvgIpc) is 3.26. The van der Waals surface area contributed by atoms with Crippen molar-refractivity contribution in [1.82, 2.24) is 0 Å². The molecule has 0 aromatic heterocycles. The number of rotatable bonds is 3. The van der Waals surface area contributed by atoms with Gasteiger partial charge in [0.05, 0.1) is 25.4 Å². The van der Waals surface area contributed by atoms with Crippen LogP contribution < -0.4 is 0 Å². The summed E-state index contributed by atoms with van der Waals surface area (Å²) in [6.07, 6.45) is 6.29. The summed E-state index contributed by atoms with van der Waals surface area (Å²) in [5.74, 6) is -1.47. The van der Waals surface area contributed by atoms with Crippen LogP contribution in [0.4, 0.5) is 0 Å². The number of hydrogen-bond acceptors (Lipinski definition) is 8. The lowest BCUT2D eigenvalue weighted by Gasteiger charge is -2.62. The lowest BCUT2D eigenvalue weighted by molar-refractivity contribution is -0.193. The second kappa shape index (κ2) is 7.63. The highest BCUT2D eigenvalue weighted by atomic mass is 32.2. The van der Waals surface area contributed by atoms with Crippen LogP contribution in [-0.4, -0.2) is 51.2 Å². The van der Waals surface area contributed by atoms with Gasteiger partial charge in [-0.3, -0.25) is 18.6 Å². The van der Waals surface area contributed by atoms with E-state index in [1.54, 1.807) is 6.08 Å². The molecule has 9 heteroatoms. The van der Waals surface area contributed by atoms with Crippen LogP contribution in [0.1, 0.15) is 65.2 Å². The molecule has 188 valence electrons. The zero-order valence-corrected chi connectivity index (χ0v) is 21.1. The normalized spacial score (nSPS) is 45.8. The second-order valence-corrected chi connectivity index (χ2v) is 13.2. The summed E-state index contributed by atoms with van der Waals surface area (Å²) in [6, 6.07) is 0. The number of carbonyl (C=O) groups excluding carboxylic acids is 3. The number of hydrogen-bond donors (Lipinski definition) is 0. The molecule has 5 rings (SSSR count). The van der Waals surface area contributed by atoms with Crippen molar-refractivity contribution in [2.75, 3.05) is 13.4 Å². The second-order valence-electron chi connectivity index (χ2n) is 11.6. The highest BCUT2D eigenvalue weighted by Gasteiger charge is 2.71. The number of carbonyl (C=O) groups is 3. The quantitative estimate of drug-likeness (QED) is 0.435. The predicted molar refractivity (Wildman–Crippen MR) is 121 cm³/mol. The molecular weight excluding hydrogens is 460 g/mol. The highest BCUT2D eigenvalue weighted by Crippen LogP contribution is 2.71. The SMILES string of the molecule is COC(=O)C1CC2=CC(=O)CCC2(C)C2C(OS(C)(=O)=O)CC3(C)C(CCC34CCC(=O)O4)C12. The Bertz CT molecular complexity index is 1080. The Balaban J connectivity index is 1.68. The van der Waals surface area contributed by atoms with Crippen LogP contribution in [0.15, 0.2) is 11.6 Å². The van der Waals surface area contributed by atoms with Gasteiger partial charge in [-0.2, -0.15) is 8.42 Å². The molecule has 1 aliphatic heterocycles. The summed E-state index contributed by atoms with van der Waals surface area (Å²) in [5, 5.41) is 0. The monoisotopic (exact) mass is 494 g/mol. The zero-order chi connectivity index (χ0) is 24.7. The Morgan fingerprint density at radius 3 is 2.50 bits per heavy atom. The minimum atomic E-state index is -3.80. The van der Waals surface area contributed by atoms with E-state index in [1.807, 2.05) is 0 Å². The van der Waals surface area contributed by atoms with Crippen molar-refractivity contribution in [2.24, 2.45) is 34.5 Å². The van der Waals surface area contributed by atoms with Crippen molar-refractivity contribution in [3.8, 4) is 0 Å². The van der Waals surface area contributed by atoms with Gasteiger partial charge in [-0.15, -0.1) is 0 Å². The standard InChI is InChI=1S/C25H34O8S/c1-23-8-5-15(26)11-14(23)12-16(22(28)31-3)20-17-6-9-25(10-7-19(27)32-25)24(17,2)13-18(21(20)23)33-34(4,29)30/h11,16-18,20-21H,5-10,12-13H2,1-4H3. The number of ketones is 1. The third kappa shape index (κ3) is 3.33. The Hall–Kier alpha value is -1.74. The molecule has 8 atom stereocenters. The van der Waals surface area contributed by atoms with Gasteiger partial charge in [0.15, 0.2) is 5.78 Å². The van der Waals surface area contributed by atoms with Crippen molar-refractivity contribution in [2.45, 2.75) is 76.9 Å². The van der Waals surface area contributed by atoms with Crippen LogP contribution in [0.25, 0.3) is 0 Å². The maximum atomic E-state index is 13.2. The van der Waals surface area contributed by atoms with Crippen molar-refractivity contribution in [1.29, 1.82) is 0 Å². The van der Waals surface area contributed by atoms with Crippen LogP contribution >= 0.6 is 0 Å². The smallest absolute Gasteiger partial charge is 0.309 e. The van der Waals surface area contributed by atoms with Crippen molar-refractivity contribution in [3.63, 3.8) is 0 Å². The summed E-state index contributed by atoms with van der Waals surface area (Å²) in [7, 11) is -2.44. The number of ether oxygens (including phenoxy) is 2. The van der Waals surface area contributed by atoms with Gasteiger partial charge in [-0.1, -0.05) is 19.4 Å². The van der Waals surface area contributed by atoms with Gasteiger partial charge in [0.25, 0.3) is 10.1 Å². The predicted octanol–water partition coefficient (Wildman–Crippen LogP) is 2.95. The van der Waals surface area contributed by atoms with E-state index < -0.39 is 38.6 Å². The molecule has 4 aliphatic carbocycles. The summed E-state index contributed by atoms with van der Waals surface area (Å²) in [5.41, 5.74) is -0.753. The lowest BCUT2D eigenvalue weighted by atomic mass is 9.43. The first kappa shape index (κ1) is 24.0. The first-order chi connectivity index (χ1) is 15.8. The topological polar surface area (TPSA) is 113 Å². The Morgan fingerprint density at radius 2 is 1.88 bits per heavy atom. The summed E-state index contributed by atoms with van der Waals surface area (Å²) in [6.45, 7) is 4.18. The summed E-state index contributed by atoms with van der Waals surface area (Å²) < 4.78 is 42.0. The molecule has 0 aromatic rings. The molecule has 0 N–H and O–H groups in total. The summed E-state index contributed by atoms with van der Waals surface area (Å²) in [4.78, 5) is 37.7. The van der Waals surface area contributed by atoms with E-state index in [2.05, 4.69) is 13.8 Å². The molecule has 8 nitrogen and oxygen atoms in total. The van der Waals surface area contributed by atoms with Crippen molar-refractivity contribution >= 4 is 27.8 Å². The van der Waals surface area contributed by atoms with E-state index in [0.29, 0.717) is 44.9 Å². The van der Waals surface area contributed by atoms with Gasteiger partial charge in [-0.05, 0) is 67.8 Å². The van der Waals surface area contributed by atoms with E-state index in [-0.39, 0.29) is 35.5 Å². The number of methoxy groups -OCH3 is 1. The van der Waals surface area contributed by atoms with E-state index in [1.165, 1.54) is 7.11 Å². The van der Waals surface area contributed by atoms with Gasteiger partial charge in [0.2, 0.25) is 0 Å². The molecule has 5 aliphatic rings. The van der Waals surface area contributed by atoms with Crippen molar-refractivity contribution in [3.05, 3.63) is 11.6 Å². The van der Waals surface area contributed by atoms with E-state index in [0.717, 1.165) is 18.2 Å². The Kier molecular flexibility index (Phi) is 5.38. The molecule has 0 radical (unpaired) electrons. The minimum Gasteiger partial charge on any atom is -0.469 e. The van der Waals surface area contributed by atoms with Crippen LogP contribution in [0.3, 0.4) is 0 Å². The molecule has 8 unspecified atom stereocenters. The van der Waals surface area contributed by atoms with Gasteiger partial charge >= 0.3 is 11.9 Å². The molecule has 4 fully saturated rings. The minimum absolute atomic E-state index is 0.0356. The molecule has 3 saturated carbocycles. The molecule has 0 amide bonds. The van der Waals surface area contributed by atoms with Gasteiger partial charge in [0.1, 0.15) is 5.60 Å². The fourth-order valence-corrected chi connectivity index (χ4v) is 9.26. The zero-order valence-electron chi connectivity index (χ0n) is 20.3. The van der Waals surface area contributed by atoms with Gasteiger partial charge < -0.3 is 9.47 Å². The Morgan fingerprint density at radius 1 is 1.15 bits per heavy atom. The molecule has 1 heterocycles. The Labute approximate surface area is 200 Å². The average molecular weight is 495 g/mol. The third-order valence-corrected chi connectivity index (χ3v) is 10.7. The number of fused-ring (bicyclic) bond motifs is 6. The molecule has 0 bridgehead atoms. The highest BCUT2D eigenvalue weighted by molar-refractivity contribution is 7.86. The van der Waals surface area contributed by atoms with Crippen LogP contribution in [-0.2, 0) is 38.2 Å². The third-order valence-electron chi connectivity index (χ3n) is 10.1. The molecule has 1 saturated heterocycles.